The summed E-state index contributed by atoms with van der Waals surface area (Å²) in [4.78, 5) is 26.8. The number of halogens is 1. The summed E-state index contributed by atoms with van der Waals surface area (Å²) in [5, 5.41) is 2.00. The largest absolute Gasteiger partial charge is 0.490 e. The van der Waals surface area contributed by atoms with E-state index in [1.807, 2.05) is 6.92 Å². The van der Waals surface area contributed by atoms with Gasteiger partial charge in [-0.05, 0) is 42.1 Å². The molecular formula is C18H14ClNO4S3. The number of hydrogen-bond acceptors (Lipinski definition) is 7. The number of ether oxygens (including phenoxy) is 2. The summed E-state index contributed by atoms with van der Waals surface area (Å²) >= 11 is 14.0. The van der Waals surface area contributed by atoms with Gasteiger partial charge in [0.25, 0.3) is 5.91 Å². The Kier molecular flexibility index (Phi) is 6.21. The highest BCUT2D eigenvalue weighted by Crippen LogP contribution is 2.39. The van der Waals surface area contributed by atoms with Gasteiger partial charge in [-0.15, -0.1) is 11.3 Å². The van der Waals surface area contributed by atoms with Gasteiger partial charge in [0, 0.05) is 7.05 Å². The molecule has 2 heterocycles. The molecule has 2 aromatic rings. The second-order valence-corrected chi connectivity index (χ2v) is 8.40. The SMILES string of the molecule is CCOc1cc(/C=C2\SC(=S)N(C)C2=O)cc(Cl)c1OC(=O)c1cccs1. The van der Waals surface area contributed by atoms with Crippen molar-refractivity contribution in [2.45, 2.75) is 6.92 Å². The van der Waals surface area contributed by atoms with Crippen LogP contribution in [-0.2, 0) is 4.79 Å². The van der Waals surface area contributed by atoms with Crippen LogP contribution in [0.5, 0.6) is 11.5 Å². The molecule has 27 heavy (non-hydrogen) atoms. The van der Waals surface area contributed by atoms with Gasteiger partial charge in [-0.2, -0.15) is 0 Å². The van der Waals surface area contributed by atoms with Gasteiger partial charge >= 0.3 is 5.97 Å². The monoisotopic (exact) mass is 439 g/mol. The lowest BCUT2D eigenvalue weighted by atomic mass is 10.1. The average Bonchev–Trinajstić information content (AvgIpc) is 3.24. The molecule has 1 aromatic carbocycles. The van der Waals surface area contributed by atoms with Gasteiger partial charge in [0.1, 0.15) is 9.20 Å². The van der Waals surface area contributed by atoms with E-state index in [1.54, 1.807) is 42.8 Å². The predicted molar refractivity (Wildman–Crippen MR) is 113 cm³/mol. The summed E-state index contributed by atoms with van der Waals surface area (Å²) in [7, 11) is 1.63. The first-order valence-electron chi connectivity index (χ1n) is 7.84. The van der Waals surface area contributed by atoms with Crippen LogP contribution < -0.4 is 9.47 Å². The van der Waals surface area contributed by atoms with Crippen molar-refractivity contribution in [1.29, 1.82) is 0 Å². The minimum absolute atomic E-state index is 0.150. The fourth-order valence-corrected chi connectivity index (χ4v) is 4.30. The van der Waals surface area contributed by atoms with Crippen molar-refractivity contribution in [3.05, 3.63) is 50.0 Å². The minimum atomic E-state index is -0.507. The maximum atomic E-state index is 12.3. The maximum absolute atomic E-state index is 12.3. The Morgan fingerprint density at radius 2 is 2.19 bits per heavy atom. The van der Waals surface area contributed by atoms with Gasteiger partial charge in [0.05, 0.1) is 16.5 Å². The molecule has 1 amide bonds. The number of amides is 1. The molecule has 1 aromatic heterocycles. The molecule has 140 valence electrons. The summed E-state index contributed by atoms with van der Waals surface area (Å²) in [5.41, 5.74) is 0.647. The Labute approximate surface area is 174 Å². The zero-order chi connectivity index (χ0) is 19.6. The Balaban J connectivity index is 1.94. The Morgan fingerprint density at radius 3 is 2.78 bits per heavy atom. The number of thioether (sulfide) groups is 1. The predicted octanol–water partition coefficient (Wildman–Crippen LogP) is 4.85. The highest BCUT2D eigenvalue weighted by molar-refractivity contribution is 8.26. The number of benzene rings is 1. The molecule has 0 unspecified atom stereocenters. The van der Waals surface area contributed by atoms with Crippen molar-refractivity contribution in [2.75, 3.05) is 13.7 Å². The first-order valence-corrected chi connectivity index (χ1v) is 10.3. The van der Waals surface area contributed by atoms with Gasteiger partial charge in [0.15, 0.2) is 11.5 Å². The quantitative estimate of drug-likeness (QED) is 0.287. The van der Waals surface area contributed by atoms with Crippen LogP contribution in [0, 0.1) is 0 Å². The van der Waals surface area contributed by atoms with Crippen molar-refractivity contribution in [1.82, 2.24) is 4.90 Å². The lowest BCUT2D eigenvalue weighted by Gasteiger charge is -2.13. The van der Waals surface area contributed by atoms with E-state index in [2.05, 4.69) is 0 Å². The Morgan fingerprint density at radius 1 is 1.41 bits per heavy atom. The molecule has 9 heteroatoms. The summed E-state index contributed by atoms with van der Waals surface area (Å²) in [6.07, 6.45) is 1.68. The highest BCUT2D eigenvalue weighted by Gasteiger charge is 2.29. The van der Waals surface area contributed by atoms with E-state index in [9.17, 15) is 9.59 Å². The van der Waals surface area contributed by atoms with Crippen LogP contribution in [0.3, 0.4) is 0 Å². The summed E-state index contributed by atoms with van der Waals surface area (Å²) in [6, 6.07) is 6.72. The maximum Gasteiger partial charge on any atom is 0.353 e. The lowest BCUT2D eigenvalue weighted by Crippen LogP contribution is -2.22. The smallest absolute Gasteiger partial charge is 0.353 e. The zero-order valence-corrected chi connectivity index (χ0v) is 17.6. The fraction of sp³-hybridized carbons (Fsp3) is 0.167. The molecule has 1 saturated heterocycles. The van der Waals surface area contributed by atoms with E-state index < -0.39 is 5.97 Å². The van der Waals surface area contributed by atoms with E-state index in [0.29, 0.717) is 32.0 Å². The van der Waals surface area contributed by atoms with Crippen molar-refractivity contribution in [2.24, 2.45) is 0 Å². The molecule has 0 saturated carbocycles. The second kappa shape index (κ2) is 8.43. The van der Waals surface area contributed by atoms with Gasteiger partial charge in [-0.3, -0.25) is 9.69 Å². The minimum Gasteiger partial charge on any atom is -0.490 e. The third-order valence-corrected chi connectivity index (χ3v) is 6.15. The molecule has 1 fully saturated rings. The summed E-state index contributed by atoms with van der Waals surface area (Å²) < 4.78 is 11.5. The zero-order valence-electron chi connectivity index (χ0n) is 14.4. The van der Waals surface area contributed by atoms with Crippen LogP contribution in [-0.4, -0.2) is 34.8 Å². The molecule has 0 N–H and O–H groups in total. The van der Waals surface area contributed by atoms with Crippen molar-refractivity contribution in [3.8, 4) is 11.5 Å². The van der Waals surface area contributed by atoms with Gasteiger partial charge in [0.2, 0.25) is 0 Å². The first kappa shape index (κ1) is 19.9. The van der Waals surface area contributed by atoms with Crippen LogP contribution in [0.4, 0.5) is 0 Å². The normalized spacial score (nSPS) is 15.5. The molecule has 5 nitrogen and oxygen atoms in total. The van der Waals surface area contributed by atoms with E-state index in [4.69, 9.17) is 33.3 Å². The molecule has 1 aliphatic rings. The van der Waals surface area contributed by atoms with Crippen molar-refractivity contribution >= 4 is 69.2 Å². The first-order chi connectivity index (χ1) is 12.9. The van der Waals surface area contributed by atoms with Gasteiger partial charge in [-0.25, -0.2) is 4.79 Å². The molecule has 3 rings (SSSR count). The van der Waals surface area contributed by atoms with Crippen LogP contribution in [0.1, 0.15) is 22.2 Å². The van der Waals surface area contributed by atoms with Crippen LogP contribution in [0.2, 0.25) is 5.02 Å². The number of carbonyl (C=O) groups excluding carboxylic acids is 2. The number of thiophene rings is 1. The van der Waals surface area contributed by atoms with E-state index in [0.717, 1.165) is 0 Å². The van der Waals surface area contributed by atoms with Crippen LogP contribution in [0.25, 0.3) is 6.08 Å². The molecule has 0 radical (unpaired) electrons. The number of nitrogens with zero attached hydrogens (tertiary/aromatic N) is 1. The average molecular weight is 440 g/mol. The number of carbonyl (C=O) groups is 2. The highest BCUT2D eigenvalue weighted by atomic mass is 35.5. The van der Waals surface area contributed by atoms with Gasteiger partial charge < -0.3 is 9.47 Å². The molecule has 0 spiro atoms. The van der Waals surface area contributed by atoms with Crippen molar-refractivity contribution in [3.63, 3.8) is 0 Å². The Hall–Kier alpha value is -1.87. The van der Waals surface area contributed by atoms with E-state index in [-0.39, 0.29) is 16.7 Å². The lowest BCUT2D eigenvalue weighted by molar-refractivity contribution is -0.121. The number of esters is 1. The molecular weight excluding hydrogens is 426 g/mol. The van der Waals surface area contributed by atoms with Crippen molar-refractivity contribution < 1.29 is 19.1 Å². The molecule has 1 aliphatic heterocycles. The number of thiocarbonyl (C=S) groups is 1. The fourth-order valence-electron chi connectivity index (χ4n) is 2.27. The number of likely N-dealkylation sites (N-methyl/N-ethyl adjacent to an activating group) is 1. The van der Waals surface area contributed by atoms with E-state index >= 15 is 0 Å². The number of rotatable bonds is 5. The van der Waals surface area contributed by atoms with Crippen LogP contribution >= 0.6 is 46.9 Å². The number of hydrogen-bond donors (Lipinski definition) is 0. The molecule has 0 bridgehead atoms. The topological polar surface area (TPSA) is 55.8 Å². The third kappa shape index (κ3) is 4.35. The van der Waals surface area contributed by atoms with Gasteiger partial charge in [-0.1, -0.05) is 41.6 Å². The third-order valence-electron chi connectivity index (χ3n) is 3.53. The molecule has 0 aliphatic carbocycles. The standard InChI is InChI=1S/C18H14ClNO4S3/c1-3-23-12-8-10(9-14-16(21)20(2)18(25)27-14)7-11(19)15(12)24-17(22)13-5-4-6-26-13/h4-9H,3H2,1-2H3/b14-9-. The van der Waals surface area contributed by atoms with Crippen LogP contribution in [0.15, 0.2) is 34.6 Å². The second-order valence-electron chi connectivity index (χ2n) is 5.37. The Bertz CT molecular complexity index is 940. The summed E-state index contributed by atoms with van der Waals surface area (Å²) in [6.45, 7) is 2.17. The van der Waals surface area contributed by atoms with E-state index in [1.165, 1.54) is 28.0 Å². The molecule has 0 atom stereocenters. The summed E-state index contributed by atoms with van der Waals surface area (Å²) in [5.74, 6) is -0.204.